The first kappa shape index (κ1) is 23.2. The maximum atomic E-state index is 13.3. The van der Waals surface area contributed by atoms with Crippen LogP contribution in [-0.4, -0.2) is 69.5 Å². The third-order valence-corrected chi connectivity index (χ3v) is 6.41. The molecule has 2 aliphatic rings. The molecule has 1 aromatic heterocycles. The number of carbonyl (C=O) groups excluding carboxylic acids is 2. The summed E-state index contributed by atoms with van der Waals surface area (Å²) in [5, 5.41) is 15.0. The number of carboxylic acids is 1. The summed E-state index contributed by atoms with van der Waals surface area (Å²) in [5.41, 5.74) is 1.03. The van der Waals surface area contributed by atoms with Gasteiger partial charge in [-0.25, -0.2) is 4.98 Å². The van der Waals surface area contributed by atoms with Crippen LogP contribution in [0.5, 0.6) is 0 Å². The molecule has 2 heterocycles. The first-order valence-corrected chi connectivity index (χ1v) is 11.5. The molecule has 2 atom stereocenters. The molecule has 1 saturated carbocycles. The van der Waals surface area contributed by atoms with Crippen molar-refractivity contribution in [3.63, 3.8) is 0 Å². The Bertz CT molecular complexity index is 717. The second kappa shape index (κ2) is 11.8. The number of rotatable bonds is 11. The number of carboxylic acid groups (broad SMARTS) is 1. The molecule has 1 aliphatic carbocycles. The number of nitrogens with zero attached hydrogens (tertiary/aromatic N) is 2. The number of hydrogen-bond donors (Lipinski definition) is 4. The second-order valence-electron chi connectivity index (χ2n) is 8.73. The minimum atomic E-state index is -0.977. The Kier molecular flexibility index (Phi) is 8.87. The van der Waals surface area contributed by atoms with Crippen LogP contribution in [0.25, 0.3) is 0 Å². The number of aliphatic carboxylic acids is 1. The van der Waals surface area contributed by atoms with E-state index in [9.17, 15) is 14.4 Å². The molecule has 0 bridgehead atoms. The number of likely N-dealkylation sites (tertiary alicyclic amines) is 1. The summed E-state index contributed by atoms with van der Waals surface area (Å²) < 4.78 is 0. The molecule has 0 aromatic carbocycles. The largest absolute Gasteiger partial charge is 0.480 e. The van der Waals surface area contributed by atoms with Gasteiger partial charge in [-0.1, -0.05) is 32.1 Å². The lowest BCUT2D eigenvalue weighted by Gasteiger charge is -2.31. The zero-order valence-electron chi connectivity index (χ0n) is 18.1. The van der Waals surface area contributed by atoms with E-state index in [1.807, 2.05) is 0 Å². The average Bonchev–Trinajstić information content (AvgIpc) is 3.46. The van der Waals surface area contributed by atoms with E-state index in [0.29, 0.717) is 31.8 Å². The van der Waals surface area contributed by atoms with Gasteiger partial charge in [0.1, 0.15) is 6.04 Å². The van der Waals surface area contributed by atoms with Crippen LogP contribution in [0.2, 0.25) is 0 Å². The summed E-state index contributed by atoms with van der Waals surface area (Å²) in [7, 11) is 0. The van der Waals surface area contributed by atoms with Crippen LogP contribution >= 0.6 is 0 Å². The highest BCUT2D eigenvalue weighted by Gasteiger charge is 2.37. The number of amides is 2. The van der Waals surface area contributed by atoms with Gasteiger partial charge in [0.25, 0.3) is 0 Å². The van der Waals surface area contributed by atoms with Gasteiger partial charge in [-0.3, -0.25) is 19.7 Å². The van der Waals surface area contributed by atoms with Gasteiger partial charge in [0.15, 0.2) is 0 Å². The van der Waals surface area contributed by atoms with Crippen molar-refractivity contribution >= 4 is 17.8 Å². The van der Waals surface area contributed by atoms with Gasteiger partial charge in [-0.2, -0.15) is 0 Å². The van der Waals surface area contributed by atoms with Gasteiger partial charge >= 0.3 is 5.97 Å². The van der Waals surface area contributed by atoms with Gasteiger partial charge in [0, 0.05) is 25.0 Å². The third-order valence-electron chi connectivity index (χ3n) is 6.41. The fourth-order valence-corrected chi connectivity index (χ4v) is 4.77. The van der Waals surface area contributed by atoms with E-state index in [1.54, 1.807) is 17.4 Å². The van der Waals surface area contributed by atoms with Gasteiger partial charge in [0.2, 0.25) is 11.8 Å². The number of hydrogen-bond acceptors (Lipinski definition) is 5. The van der Waals surface area contributed by atoms with Gasteiger partial charge in [-0.05, 0) is 38.0 Å². The molecule has 9 nitrogen and oxygen atoms in total. The van der Waals surface area contributed by atoms with E-state index < -0.39 is 18.1 Å². The highest BCUT2D eigenvalue weighted by molar-refractivity contribution is 5.90. The highest BCUT2D eigenvalue weighted by atomic mass is 16.4. The van der Waals surface area contributed by atoms with Crippen LogP contribution in [0.3, 0.4) is 0 Å². The number of aryl methyl sites for hydroxylation is 1. The molecule has 1 aliphatic heterocycles. The van der Waals surface area contributed by atoms with E-state index in [1.165, 1.54) is 6.42 Å². The Balaban J connectivity index is 1.53. The lowest BCUT2D eigenvalue weighted by molar-refractivity contribution is -0.141. The van der Waals surface area contributed by atoms with E-state index in [2.05, 4.69) is 20.6 Å². The van der Waals surface area contributed by atoms with Crippen molar-refractivity contribution < 1.29 is 19.5 Å². The van der Waals surface area contributed by atoms with Crippen LogP contribution in [0, 0.1) is 5.92 Å². The van der Waals surface area contributed by atoms with Crippen LogP contribution in [-0.2, 0) is 20.8 Å². The number of imidazole rings is 1. The van der Waals surface area contributed by atoms with E-state index in [4.69, 9.17) is 5.11 Å². The zero-order chi connectivity index (χ0) is 22.1. The number of carbonyl (C=O) groups is 3. The standard InChI is InChI=1S/C22H35N5O4/c28-20(29)14-25-18(12-16-6-2-1-3-7-16)22(31)27-11-5-9-19(27)21(30)24-10-4-8-17-13-23-15-26-17/h13,15-16,18-19,25H,1-12,14H2,(H,23,26)(H,24,30)(H,28,29)/t18-,19+/m1/s1. The molecule has 0 spiro atoms. The lowest BCUT2D eigenvalue weighted by atomic mass is 9.84. The van der Waals surface area contributed by atoms with Crippen molar-refractivity contribution in [2.24, 2.45) is 5.92 Å². The molecular formula is C22H35N5O4. The summed E-state index contributed by atoms with van der Waals surface area (Å²) in [6.07, 6.45) is 12.8. The minimum Gasteiger partial charge on any atom is -0.480 e. The summed E-state index contributed by atoms with van der Waals surface area (Å²) in [6, 6.07) is -1.02. The smallest absolute Gasteiger partial charge is 0.317 e. The molecule has 31 heavy (non-hydrogen) atoms. The normalized spacial score (nSPS) is 20.5. The zero-order valence-corrected chi connectivity index (χ0v) is 18.1. The molecule has 1 saturated heterocycles. The van der Waals surface area contributed by atoms with Gasteiger partial charge < -0.3 is 20.3 Å². The van der Waals surface area contributed by atoms with Crippen LogP contribution in [0.15, 0.2) is 12.5 Å². The molecular weight excluding hydrogens is 398 g/mol. The molecule has 172 valence electrons. The summed E-state index contributed by atoms with van der Waals surface area (Å²) in [6.45, 7) is 0.835. The summed E-state index contributed by atoms with van der Waals surface area (Å²) >= 11 is 0. The minimum absolute atomic E-state index is 0.120. The Morgan fingerprint density at radius 2 is 2.00 bits per heavy atom. The number of aromatic amines is 1. The SMILES string of the molecule is O=C(O)CN[C@H](CC1CCCCC1)C(=O)N1CCC[C@H]1C(=O)NCCCc1cnc[nH]1. The molecule has 3 rings (SSSR count). The first-order valence-electron chi connectivity index (χ1n) is 11.5. The van der Waals surface area contributed by atoms with Gasteiger partial charge in [-0.15, -0.1) is 0 Å². The van der Waals surface area contributed by atoms with Crippen LogP contribution in [0.4, 0.5) is 0 Å². The van der Waals surface area contributed by atoms with E-state index in [0.717, 1.165) is 50.6 Å². The fourth-order valence-electron chi connectivity index (χ4n) is 4.77. The van der Waals surface area contributed by atoms with Crippen molar-refractivity contribution in [3.8, 4) is 0 Å². The second-order valence-corrected chi connectivity index (χ2v) is 8.73. The average molecular weight is 434 g/mol. The summed E-state index contributed by atoms with van der Waals surface area (Å²) in [5.74, 6) is -0.803. The van der Waals surface area contributed by atoms with Crippen molar-refractivity contribution in [1.82, 2.24) is 25.5 Å². The molecule has 2 fully saturated rings. The van der Waals surface area contributed by atoms with Crippen molar-refractivity contribution in [2.75, 3.05) is 19.6 Å². The topological polar surface area (TPSA) is 127 Å². The Morgan fingerprint density at radius 3 is 2.71 bits per heavy atom. The van der Waals surface area contributed by atoms with Crippen molar-refractivity contribution in [2.45, 2.75) is 76.3 Å². The predicted octanol–water partition coefficient (Wildman–Crippen LogP) is 1.46. The molecule has 9 heteroatoms. The Hall–Kier alpha value is -2.42. The number of nitrogens with one attached hydrogen (secondary N) is 3. The van der Waals surface area contributed by atoms with Crippen LogP contribution < -0.4 is 10.6 Å². The van der Waals surface area contributed by atoms with Crippen molar-refractivity contribution in [3.05, 3.63) is 18.2 Å². The van der Waals surface area contributed by atoms with E-state index in [-0.39, 0.29) is 18.4 Å². The van der Waals surface area contributed by atoms with Gasteiger partial charge in [0.05, 0.1) is 18.9 Å². The maximum Gasteiger partial charge on any atom is 0.317 e. The Morgan fingerprint density at radius 1 is 1.19 bits per heavy atom. The molecule has 0 unspecified atom stereocenters. The molecule has 2 amide bonds. The third kappa shape index (κ3) is 7.05. The summed E-state index contributed by atoms with van der Waals surface area (Å²) in [4.78, 5) is 45.8. The van der Waals surface area contributed by atoms with E-state index >= 15 is 0 Å². The van der Waals surface area contributed by atoms with Crippen LogP contribution in [0.1, 0.15) is 63.5 Å². The first-order chi connectivity index (χ1) is 15.0. The quantitative estimate of drug-likeness (QED) is 0.391. The lowest BCUT2D eigenvalue weighted by Crippen LogP contribution is -2.53. The fraction of sp³-hybridized carbons (Fsp3) is 0.727. The molecule has 0 radical (unpaired) electrons. The number of H-pyrrole nitrogens is 1. The monoisotopic (exact) mass is 433 g/mol. The predicted molar refractivity (Wildman–Crippen MR) is 115 cm³/mol. The Labute approximate surface area is 183 Å². The molecule has 1 aromatic rings. The van der Waals surface area contributed by atoms with Crippen molar-refractivity contribution in [1.29, 1.82) is 0 Å². The number of aromatic nitrogens is 2. The highest BCUT2D eigenvalue weighted by Crippen LogP contribution is 2.28. The maximum absolute atomic E-state index is 13.3. The molecule has 4 N–H and O–H groups in total.